The lowest BCUT2D eigenvalue weighted by Crippen LogP contribution is -2.35. The number of nitrogens with zero attached hydrogens (tertiary/aromatic N) is 2. The van der Waals surface area contributed by atoms with Gasteiger partial charge in [-0.05, 0) is 61.9 Å². The second kappa shape index (κ2) is 6.26. The monoisotopic (exact) mass is 340 g/mol. The highest BCUT2D eigenvalue weighted by atomic mass is 19.1. The van der Waals surface area contributed by atoms with Crippen molar-refractivity contribution in [2.45, 2.75) is 38.9 Å². The number of fused-ring (bicyclic) bond motifs is 3. The van der Waals surface area contributed by atoms with Crippen LogP contribution in [-0.2, 0) is 25.9 Å². The van der Waals surface area contributed by atoms with Crippen LogP contribution in [-0.4, -0.2) is 22.6 Å². The summed E-state index contributed by atoms with van der Waals surface area (Å²) < 4.78 is 29.6. The highest BCUT2D eigenvalue weighted by Gasteiger charge is 2.26. The average molecular weight is 340 g/mol. The van der Waals surface area contributed by atoms with E-state index in [9.17, 15) is 8.78 Å². The molecule has 3 aromatic rings. The van der Waals surface area contributed by atoms with Gasteiger partial charge in [-0.25, -0.2) is 8.78 Å². The normalized spacial score (nSPS) is 17.8. The Kier molecular flexibility index (Phi) is 4.08. The van der Waals surface area contributed by atoms with Gasteiger partial charge in [-0.3, -0.25) is 4.90 Å². The third kappa shape index (κ3) is 2.95. The smallest absolute Gasteiger partial charge is 0.123 e. The highest BCUT2D eigenvalue weighted by molar-refractivity contribution is 5.86. The molecule has 4 heteroatoms. The first-order valence-electron chi connectivity index (χ1n) is 8.77. The second-order valence-corrected chi connectivity index (χ2v) is 7.09. The molecule has 130 valence electrons. The van der Waals surface area contributed by atoms with Gasteiger partial charge in [0.05, 0.1) is 0 Å². The van der Waals surface area contributed by atoms with Crippen molar-refractivity contribution in [2.75, 3.05) is 7.05 Å². The van der Waals surface area contributed by atoms with Crippen molar-refractivity contribution in [1.29, 1.82) is 0 Å². The van der Waals surface area contributed by atoms with Crippen molar-refractivity contribution in [3.63, 3.8) is 0 Å². The van der Waals surface area contributed by atoms with Gasteiger partial charge in [0, 0.05) is 42.1 Å². The maximum Gasteiger partial charge on any atom is 0.123 e. The maximum absolute atomic E-state index is 13.8. The Balaban J connectivity index is 1.76. The van der Waals surface area contributed by atoms with Gasteiger partial charge < -0.3 is 4.57 Å². The number of hydrogen-bond donors (Lipinski definition) is 0. The van der Waals surface area contributed by atoms with E-state index < -0.39 is 0 Å². The molecule has 0 fully saturated rings. The Labute approximate surface area is 146 Å². The van der Waals surface area contributed by atoms with Gasteiger partial charge in [-0.15, -0.1) is 0 Å². The molecule has 2 nitrogen and oxygen atoms in total. The van der Waals surface area contributed by atoms with E-state index in [1.54, 1.807) is 18.2 Å². The zero-order chi connectivity index (χ0) is 17.6. The van der Waals surface area contributed by atoms with E-state index in [2.05, 4.69) is 23.4 Å². The molecule has 1 aliphatic heterocycles. The number of aryl methyl sites for hydroxylation is 2. The zero-order valence-electron chi connectivity index (χ0n) is 14.6. The lowest BCUT2D eigenvalue weighted by molar-refractivity contribution is 0.228. The third-order valence-corrected chi connectivity index (χ3v) is 5.41. The molecule has 2 aromatic carbocycles. The fourth-order valence-corrected chi connectivity index (χ4v) is 3.89. The first kappa shape index (κ1) is 16.3. The van der Waals surface area contributed by atoms with Crippen molar-refractivity contribution in [2.24, 2.45) is 0 Å². The van der Waals surface area contributed by atoms with Crippen molar-refractivity contribution in [3.8, 4) is 0 Å². The number of rotatable bonds is 3. The Morgan fingerprint density at radius 2 is 1.88 bits per heavy atom. The van der Waals surface area contributed by atoms with Crippen molar-refractivity contribution < 1.29 is 8.78 Å². The fraction of sp³-hybridized carbons (Fsp3) is 0.333. The highest BCUT2D eigenvalue weighted by Crippen LogP contribution is 2.33. The van der Waals surface area contributed by atoms with Gasteiger partial charge in [0.25, 0.3) is 0 Å². The van der Waals surface area contributed by atoms with Gasteiger partial charge >= 0.3 is 0 Å². The van der Waals surface area contributed by atoms with Gasteiger partial charge in [-0.1, -0.05) is 12.1 Å². The molecular weight excluding hydrogens is 318 g/mol. The van der Waals surface area contributed by atoms with Crippen LogP contribution in [0.1, 0.15) is 23.7 Å². The minimum atomic E-state index is -0.200. The number of halogens is 2. The molecule has 0 amide bonds. The summed E-state index contributed by atoms with van der Waals surface area (Å²) in [5, 5.41) is 1.01. The van der Waals surface area contributed by atoms with Crippen LogP contribution in [0.4, 0.5) is 8.78 Å². The molecule has 1 unspecified atom stereocenters. The van der Waals surface area contributed by atoms with Gasteiger partial charge in [-0.2, -0.15) is 0 Å². The quantitative estimate of drug-likeness (QED) is 0.680. The lowest BCUT2D eigenvalue weighted by atomic mass is 10.00. The van der Waals surface area contributed by atoms with E-state index >= 15 is 0 Å². The first-order chi connectivity index (χ1) is 12.0. The third-order valence-electron chi connectivity index (χ3n) is 5.41. The van der Waals surface area contributed by atoms with E-state index in [1.807, 2.05) is 12.1 Å². The minimum Gasteiger partial charge on any atom is -0.344 e. The summed E-state index contributed by atoms with van der Waals surface area (Å²) in [4.78, 5) is 2.31. The largest absolute Gasteiger partial charge is 0.344 e. The number of benzene rings is 2. The van der Waals surface area contributed by atoms with E-state index in [4.69, 9.17) is 0 Å². The summed E-state index contributed by atoms with van der Waals surface area (Å²) >= 11 is 0. The number of aromatic nitrogens is 1. The van der Waals surface area contributed by atoms with Crippen molar-refractivity contribution in [1.82, 2.24) is 9.47 Å². The minimum absolute atomic E-state index is 0.196. The van der Waals surface area contributed by atoms with Crippen LogP contribution < -0.4 is 0 Å². The molecule has 0 saturated carbocycles. The summed E-state index contributed by atoms with van der Waals surface area (Å²) in [6.45, 7) is 3.83. The topological polar surface area (TPSA) is 8.17 Å². The summed E-state index contributed by atoms with van der Waals surface area (Å²) in [6, 6.07) is 12.3. The zero-order valence-corrected chi connectivity index (χ0v) is 14.6. The average Bonchev–Trinajstić information content (AvgIpc) is 2.86. The SMILES string of the molecule is CC1Cc2c(c3cc(F)ccc3n2CCc2cccc(F)c2)CN1C. The van der Waals surface area contributed by atoms with Crippen LogP contribution in [0.5, 0.6) is 0 Å². The molecule has 0 N–H and O–H groups in total. The predicted molar refractivity (Wildman–Crippen MR) is 96.6 cm³/mol. The van der Waals surface area contributed by atoms with Gasteiger partial charge in [0.1, 0.15) is 11.6 Å². The molecule has 4 rings (SSSR count). The maximum atomic E-state index is 13.8. The van der Waals surface area contributed by atoms with Crippen LogP contribution in [0, 0.1) is 11.6 Å². The molecule has 1 aliphatic rings. The summed E-state index contributed by atoms with van der Waals surface area (Å²) in [6.07, 6.45) is 1.71. The molecule has 0 spiro atoms. The molecular formula is C21H22F2N2. The number of likely N-dealkylation sites (N-methyl/N-ethyl adjacent to an activating group) is 1. The van der Waals surface area contributed by atoms with E-state index in [0.717, 1.165) is 42.4 Å². The van der Waals surface area contributed by atoms with Crippen molar-refractivity contribution in [3.05, 3.63) is 70.9 Å². The summed E-state index contributed by atoms with van der Waals surface area (Å²) in [7, 11) is 2.11. The summed E-state index contributed by atoms with van der Waals surface area (Å²) in [5.74, 6) is -0.395. The van der Waals surface area contributed by atoms with E-state index in [-0.39, 0.29) is 11.6 Å². The molecule has 1 aromatic heterocycles. The van der Waals surface area contributed by atoms with E-state index in [1.165, 1.54) is 23.4 Å². The first-order valence-corrected chi connectivity index (χ1v) is 8.77. The Morgan fingerprint density at radius 1 is 1.08 bits per heavy atom. The molecule has 25 heavy (non-hydrogen) atoms. The van der Waals surface area contributed by atoms with Gasteiger partial charge in [0.2, 0.25) is 0 Å². The molecule has 2 heterocycles. The Morgan fingerprint density at radius 3 is 2.68 bits per heavy atom. The molecule has 1 atom stereocenters. The lowest BCUT2D eigenvalue weighted by Gasteiger charge is -2.31. The van der Waals surface area contributed by atoms with Crippen LogP contribution in [0.25, 0.3) is 10.9 Å². The Bertz CT molecular complexity index is 929. The molecule has 0 aliphatic carbocycles. The molecule has 0 radical (unpaired) electrons. The second-order valence-electron chi connectivity index (χ2n) is 7.09. The fourth-order valence-electron chi connectivity index (χ4n) is 3.89. The van der Waals surface area contributed by atoms with Gasteiger partial charge in [0.15, 0.2) is 0 Å². The Hall–Kier alpha value is -2.20. The van der Waals surface area contributed by atoms with Crippen LogP contribution in [0.2, 0.25) is 0 Å². The van der Waals surface area contributed by atoms with Crippen LogP contribution in [0.3, 0.4) is 0 Å². The predicted octanol–water partition coefficient (Wildman–Crippen LogP) is 4.54. The summed E-state index contributed by atoms with van der Waals surface area (Å²) in [5.41, 5.74) is 4.58. The van der Waals surface area contributed by atoms with E-state index in [0.29, 0.717) is 6.04 Å². The van der Waals surface area contributed by atoms with Crippen molar-refractivity contribution >= 4 is 10.9 Å². The molecule has 0 bridgehead atoms. The van der Waals surface area contributed by atoms with Crippen LogP contribution >= 0.6 is 0 Å². The number of hydrogen-bond acceptors (Lipinski definition) is 1. The molecule has 0 saturated heterocycles. The van der Waals surface area contributed by atoms with Crippen LogP contribution in [0.15, 0.2) is 42.5 Å². The standard InChI is InChI=1S/C21H22F2N2/c1-14-10-21-19(13-24(14)2)18-12-17(23)6-7-20(18)25(21)9-8-15-4-3-5-16(22)11-15/h3-7,11-12,14H,8-10,13H2,1-2H3.